The number of carbonyl (C=O) groups is 2. The standard InChI is InChI=1S/C26H30N4O4/c1-29-10-12-30(13-11-29)18-21-6-2-5-20(15-21)17-27-25(31)19-34-23-8-3-7-22(16-23)28-26(32)24-9-4-14-33-24/h2-9,14-16H,10-13,17-19H2,1H3,(H,27,31)(H,28,32). The average Bonchev–Trinajstić information content (AvgIpc) is 3.39. The normalized spacial score (nSPS) is 14.5. The van der Waals surface area contributed by atoms with Crippen LogP contribution < -0.4 is 15.4 Å². The second kappa shape index (κ2) is 11.5. The first-order valence-corrected chi connectivity index (χ1v) is 11.4. The van der Waals surface area contributed by atoms with Crippen molar-refractivity contribution in [3.8, 4) is 5.75 Å². The quantitative estimate of drug-likeness (QED) is 0.509. The van der Waals surface area contributed by atoms with Crippen molar-refractivity contribution >= 4 is 17.5 Å². The molecular formula is C26H30N4O4. The van der Waals surface area contributed by atoms with Gasteiger partial charge in [-0.2, -0.15) is 0 Å². The zero-order valence-electron chi connectivity index (χ0n) is 19.3. The Kier molecular flexibility index (Phi) is 7.95. The summed E-state index contributed by atoms with van der Waals surface area (Å²) in [6, 6.07) is 18.4. The van der Waals surface area contributed by atoms with Gasteiger partial charge in [0, 0.05) is 51.0 Å². The Hall–Kier alpha value is -3.62. The number of ether oxygens (including phenoxy) is 1. The van der Waals surface area contributed by atoms with Gasteiger partial charge in [0.1, 0.15) is 5.75 Å². The molecule has 0 spiro atoms. The van der Waals surface area contributed by atoms with Crippen LogP contribution in [0, 0.1) is 0 Å². The molecule has 2 N–H and O–H groups in total. The van der Waals surface area contributed by atoms with Crippen LogP contribution in [0.2, 0.25) is 0 Å². The smallest absolute Gasteiger partial charge is 0.291 e. The van der Waals surface area contributed by atoms with Crippen molar-refractivity contribution in [3.63, 3.8) is 0 Å². The zero-order valence-corrected chi connectivity index (χ0v) is 19.3. The van der Waals surface area contributed by atoms with Gasteiger partial charge in [0.25, 0.3) is 11.8 Å². The van der Waals surface area contributed by atoms with Gasteiger partial charge in [0.15, 0.2) is 12.4 Å². The molecular weight excluding hydrogens is 432 g/mol. The minimum absolute atomic E-state index is 0.115. The fraction of sp³-hybridized carbons (Fsp3) is 0.308. The van der Waals surface area contributed by atoms with E-state index in [1.165, 1.54) is 11.8 Å². The van der Waals surface area contributed by atoms with Gasteiger partial charge in [-0.3, -0.25) is 14.5 Å². The number of carbonyl (C=O) groups excluding carboxylic acids is 2. The van der Waals surface area contributed by atoms with Crippen LogP contribution >= 0.6 is 0 Å². The fourth-order valence-corrected chi connectivity index (χ4v) is 3.77. The van der Waals surface area contributed by atoms with Crippen LogP contribution in [-0.2, 0) is 17.9 Å². The lowest BCUT2D eigenvalue weighted by molar-refractivity contribution is -0.123. The molecule has 3 aromatic rings. The topological polar surface area (TPSA) is 87.0 Å². The molecule has 0 atom stereocenters. The maximum atomic E-state index is 12.3. The third-order valence-electron chi connectivity index (χ3n) is 5.69. The van der Waals surface area contributed by atoms with E-state index in [2.05, 4.69) is 39.6 Å². The van der Waals surface area contributed by atoms with Crippen molar-refractivity contribution < 1.29 is 18.7 Å². The van der Waals surface area contributed by atoms with E-state index < -0.39 is 0 Å². The number of hydrogen-bond donors (Lipinski definition) is 2. The third kappa shape index (κ3) is 6.94. The number of hydrogen-bond acceptors (Lipinski definition) is 6. The molecule has 1 aliphatic heterocycles. The molecule has 0 aliphatic carbocycles. The molecule has 1 saturated heterocycles. The summed E-state index contributed by atoms with van der Waals surface area (Å²) in [7, 11) is 2.15. The molecule has 0 radical (unpaired) electrons. The first-order valence-electron chi connectivity index (χ1n) is 11.4. The van der Waals surface area contributed by atoms with Gasteiger partial charge in [-0.05, 0) is 42.4 Å². The Morgan fingerprint density at radius 1 is 0.971 bits per heavy atom. The summed E-state index contributed by atoms with van der Waals surface area (Å²) in [4.78, 5) is 29.2. The van der Waals surface area contributed by atoms with Gasteiger partial charge in [-0.1, -0.05) is 30.3 Å². The third-order valence-corrected chi connectivity index (χ3v) is 5.69. The van der Waals surface area contributed by atoms with E-state index in [-0.39, 0.29) is 24.2 Å². The molecule has 2 aromatic carbocycles. The maximum absolute atomic E-state index is 12.3. The van der Waals surface area contributed by atoms with Crippen molar-refractivity contribution in [2.75, 3.05) is 45.2 Å². The molecule has 2 amide bonds. The largest absolute Gasteiger partial charge is 0.484 e. The Morgan fingerprint density at radius 3 is 2.56 bits per heavy atom. The molecule has 0 saturated carbocycles. The highest BCUT2D eigenvalue weighted by Gasteiger charge is 2.14. The van der Waals surface area contributed by atoms with Gasteiger partial charge >= 0.3 is 0 Å². The maximum Gasteiger partial charge on any atom is 0.291 e. The van der Waals surface area contributed by atoms with Crippen molar-refractivity contribution in [1.82, 2.24) is 15.1 Å². The van der Waals surface area contributed by atoms with Crippen LogP contribution in [0.25, 0.3) is 0 Å². The van der Waals surface area contributed by atoms with E-state index in [0.29, 0.717) is 18.0 Å². The van der Waals surface area contributed by atoms with Crippen molar-refractivity contribution in [2.24, 2.45) is 0 Å². The summed E-state index contributed by atoms with van der Waals surface area (Å²) in [6.07, 6.45) is 1.44. The highest BCUT2D eigenvalue weighted by atomic mass is 16.5. The van der Waals surface area contributed by atoms with E-state index in [4.69, 9.17) is 9.15 Å². The van der Waals surface area contributed by atoms with Crippen molar-refractivity contribution in [1.29, 1.82) is 0 Å². The summed E-state index contributed by atoms with van der Waals surface area (Å²) in [5, 5.41) is 5.64. The number of furan rings is 1. The molecule has 34 heavy (non-hydrogen) atoms. The van der Waals surface area contributed by atoms with Crippen LogP contribution in [0.4, 0.5) is 5.69 Å². The molecule has 8 heteroatoms. The Labute approximate surface area is 199 Å². The lowest BCUT2D eigenvalue weighted by atomic mass is 10.1. The highest BCUT2D eigenvalue weighted by molar-refractivity contribution is 6.02. The summed E-state index contributed by atoms with van der Waals surface area (Å²) >= 11 is 0. The summed E-state index contributed by atoms with van der Waals surface area (Å²) in [6.45, 7) is 5.58. The lowest BCUT2D eigenvalue weighted by Gasteiger charge is -2.32. The van der Waals surface area contributed by atoms with Crippen LogP contribution in [-0.4, -0.2) is 61.4 Å². The first kappa shape index (κ1) is 23.5. The monoisotopic (exact) mass is 462 g/mol. The molecule has 0 unspecified atom stereocenters. The zero-order chi connectivity index (χ0) is 23.8. The fourth-order valence-electron chi connectivity index (χ4n) is 3.77. The van der Waals surface area contributed by atoms with Crippen molar-refractivity contribution in [3.05, 3.63) is 83.8 Å². The SMILES string of the molecule is CN1CCN(Cc2cccc(CNC(=O)COc3cccc(NC(=O)c4ccco4)c3)c2)CC1. The molecule has 4 rings (SSSR count). The van der Waals surface area contributed by atoms with E-state index in [1.807, 2.05) is 12.1 Å². The predicted molar refractivity (Wildman–Crippen MR) is 130 cm³/mol. The first-order chi connectivity index (χ1) is 16.5. The van der Waals surface area contributed by atoms with Gasteiger partial charge in [-0.25, -0.2) is 0 Å². The number of likely N-dealkylation sites (N-methyl/N-ethyl adjacent to an activating group) is 1. The van der Waals surface area contributed by atoms with E-state index in [0.717, 1.165) is 38.3 Å². The van der Waals surface area contributed by atoms with Gasteiger partial charge in [0.05, 0.1) is 6.26 Å². The average molecular weight is 463 g/mol. The van der Waals surface area contributed by atoms with E-state index in [9.17, 15) is 9.59 Å². The van der Waals surface area contributed by atoms with Crippen LogP contribution in [0.15, 0.2) is 71.3 Å². The Bertz CT molecular complexity index is 1090. The van der Waals surface area contributed by atoms with Crippen LogP contribution in [0.3, 0.4) is 0 Å². The second-order valence-electron chi connectivity index (χ2n) is 8.42. The Balaban J connectivity index is 1.22. The molecule has 0 bridgehead atoms. The minimum Gasteiger partial charge on any atom is -0.484 e. The summed E-state index contributed by atoms with van der Waals surface area (Å²) < 4.78 is 10.7. The lowest BCUT2D eigenvalue weighted by Crippen LogP contribution is -2.43. The number of benzene rings is 2. The van der Waals surface area contributed by atoms with Gasteiger partial charge in [0.2, 0.25) is 0 Å². The highest BCUT2D eigenvalue weighted by Crippen LogP contribution is 2.18. The number of nitrogens with one attached hydrogen (secondary N) is 2. The molecule has 1 aromatic heterocycles. The number of amides is 2. The number of rotatable bonds is 9. The molecule has 8 nitrogen and oxygen atoms in total. The van der Waals surface area contributed by atoms with Crippen LogP contribution in [0.5, 0.6) is 5.75 Å². The number of anilines is 1. The van der Waals surface area contributed by atoms with Gasteiger partial charge in [-0.15, -0.1) is 0 Å². The molecule has 2 heterocycles. The molecule has 1 fully saturated rings. The van der Waals surface area contributed by atoms with E-state index in [1.54, 1.807) is 36.4 Å². The van der Waals surface area contributed by atoms with E-state index >= 15 is 0 Å². The second-order valence-corrected chi connectivity index (χ2v) is 8.42. The molecule has 178 valence electrons. The van der Waals surface area contributed by atoms with Gasteiger partial charge < -0.3 is 24.7 Å². The minimum atomic E-state index is -0.352. The van der Waals surface area contributed by atoms with Crippen molar-refractivity contribution in [2.45, 2.75) is 13.1 Å². The molecule has 1 aliphatic rings. The summed E-state index contributed by atoms with van der Waals surface area (Å²) in [5.41, 5.74) is 2.86. The number of piperazine rings is 1. The summed E-state index contributed by atoms with van der Waals surface area (Å²) in [5.74, 6) is 0.143. The van der Waals surface area contributed by atoms with Crippen LogP contribution in [0.1, 0.15) is 21.7 Å². The number of nitrogens with zero attached hydrogens (tertiary/aromatic N) is 2. The predicted octanol–water partition coefficient (Wildman–Crippen LogP) is 2.97. The Morgan fingerprint density at radius 2 is 1.76 bits per heavy atom.